The summed E-state index contributed by atoms with van der Waals surface area (Å²) in [6.07, 6.45) is 1.47. The normalized spacial score (nSPS) is 21.3. The average molecular weight is 302 g/mol. The van der Waals surface area contributed by atoms with E-state index in [1.54, 1.807) is 30.0 Å². The fraction of sp³-hybridized carbons (Fsp3) is 0.500. The highest BCUT2D eigenvalue weighted by Crippen LogP contribution is 2.25. The van der Waals surface area contributed by atoms with E-state index in [0.29, 0.717) is 28.7 Å². The van der Waals surface area contributed by atoms with Crippen molar-refractivity contribution in [3.63, 3.8) is 0 Å². The third-order valence-corrected chi connectivity index (χ3v) is 4.14. The topological polar surface area (TPSA) is 40.5 Å². The molecule has 3 nitrogen and oxygen atoms in total. The summed E-state index contributed by atoms with van der Waals surface area (Å²) in [6, 6.07) is 4.89. The SMILES string of the molecule is CC(O)C1CCCN(C(=O)c2ccc(Cl)cc2Cl)C1. The van der Waals surface area contributed by atoms with Crippen molar-refractivity contribution < 1.29 is 9.90 Å². The number of hydrogen-bond donors (Lipinski definition) is 1. The number of piperidine rings is 1. The molecule has 1 saturated heterocycles. The number of benzene rings is 1. The fourth-order valence-electron chi connectivity index (χ4n) is 2.42. The van der Waals surface area contributed by atoms with Crippen LogP contribution in [0.2, 0.25) is 10.0 Å². The molecule has 1 heterocycles. The number of aliphatic hydroxyl groups excluding tert-OH is 1. The Morgan fingerprint density at radius 2 is 2.21 bits per heavy atom. The zero-order chi connectivity index (χ0) is 14.0. The Balaban J connectivity index is 2.15. The van der Waals surface area contributed by atoms with Crippen LogP contribution < -0.4 is 0 Å². The molecule has 19 heavy (non-hydrogen) atoms. The standard InChI is InChI=1S/C14H17Cl2NO2/c1-9(18)10-3-2-6-17(8-10)14(19)12-5-4-11(15)7-13(12)16/h4-5,7,9-10,18H,2-3,6,8H2,1H3. The first-order valence-electron chi connectivity index (χ1n) is 6.41. The van der Waals surface area contributed by atoms with Gasteiger partial charge in [-0.2, -0.15) is 0 Å². The minimum Gasteiger partial charge on any atom is -0.393 e. The van der Waals surface area contributed by atoms with E-state index >= 15 is 0 Å². The predicted molar refractivity (Wildman–Crippen MR) is 76.8 cm³/mol. The van der Waals surface area contributed by atoms with E-state index in [1.165, 1.54) is 0 Å². The molecule has 2 atom stereocenters. The molecule has 1 fully saturated rings. The van der Waals surface area contributed by atoms with Gasteiger partial charge in [0.25, 0.3) is 5.91 Å². The highest BCUT2D eigenvalue weighted by atomic mass is 35.5. The minimum absolute atomic E-state index is 0.0907. The third-order valence-electron chi connectivity index (χ3n) is 3.59. The average Bonchev–Trinajstić information content (AvgIpc) is 2.38. The van der Waals surface area contributed by atoms with E-state index < -0.39 is 6.10 Å². The number of carbonyl (C=O) groups excluding carboxylic acids is 1. The van der Waals surface area contributed by atoms with Crippen LogP contribution in [0.1, 0.15) is 30.1 Å². The second-order valence-corrected chi connectivity index (χ2v) is 5.86. The lowest BCUT2D eigenvalue weighted by Crippen LogP contribution is -2.43. The van der Waals surface area contributed by atoms with Crippen LogP contribution in [0.25, 0.3) is 0 Å². The highest BCUT2D eigenvalue weighted by Gasteiger charge is 2.27. The first-order valence-corrected chi connectivity index (χ1v) is 7.17. The van der Waals surface area contributed by atoms with Crippen molar-refractivity contribution in [2.24, 2.45) is 5.92 Å². The number of halogens is 2. The third kappa shape index (κ3) is 3.41. The van der Waals surface area contributed by atoms with E-state index in [1.807, 2.05) is 0 Å². The molecule has 0 spiro atoms. The molecule has 1 aromatic carbocycles. The summed E-state index contributed by atoms with van der Waals surface area (Å²) in [7, 11) is 0. The van der Waals surface area contributed by atoms with E-state index in [2.05, 4.69) is 0 Å². The van der Waals surface area contributed by atoms with Crippen LogP contribution in [0.5, 0.6) is 0 Å². The fourth-order valence-corrected chi connectivity index (χ4v) is 2.91. The van der Waals surface area contributed by atoms with E-state index in [9.17, 15) is 9.90 Å². The van der Waals surface area contributed by atoms with Gasteiger partial charge in [-0.3, -0.25) is 4.79 Å². The number of amides is 1. The van der Waals surface area contributed by atoms with Crippen LogP contribution in [0.15, 0.2) is 18.2 Å². The minimum atomic E-state index is -0.392. The largest absolute Gasteiger partial charge is 0.393 e. The van der Waals surface area contributed by atoms with Gasteiger partial charge in [-0.05, 0) is 38.0 Å². The van der Waals surface area contributed by atoms with Crippen LogP contribution in [0, 0.1) is 5.92 Å². The first-order chi connectivity index (χ1) is 8.99. The van der Waals surface area contributed by atoms with Gasteiger partial charge in [0, 0.05) is 24.0 Å². The molecule has 2 unspecified atom stereocenters. The molecular formula is C14H17Cl2NO2. The number of aliphatic hydroxyl groups is 1. The Morgan fingerprint density at radius 3 is 2.84 bits per heavy atom. The molecule has 104 valence electrons. The molecule has 5 heteroatoms. The molecule has 0 radical (unpaired) electrons. The van der Waals surface area contributed by atoms with Crippen LogP contribution >= 0.6 is 23.2 Å². The maximum absolute atomic E-state index is 12.4. The second kappa shape index (κ2) is 6.12. The van der Waals surface area contributed by atoms with Gasteiger partial charge in [0.1, 0.15) is 0 Å². The quantitative estimate of drug-likeness (QED) is 0.911. The smallest absolute Gasteiger partial charge is 0.255 e. The Labute approximate surface area is 123 Å². The number of likely N-dealkylation sites (tertiary alicyclic amines) is 1. The molecule has 0 aromatic heterocycles. The van der Waals surface area contributed by atoms with Crippen molar-refractivity contribution in [3.8, 4) is 0 Å². The van der Waals surface area contributed by atoms with Gasteiger partial charge in [0.2, 0.25) is 0 Å². The summed E-state index contributed by atoms with van der Waals surface area (Å²) in [5, 5.41) is 10.5. The lowest BCUT2D eigenvalue weighted by Gasteiger charge is -2.34. The zero-order valence-corrected chi connectivity index (χ0v) is 12.3. The summed E-state index contributed by atoms with van der Waals surface area (Å²) >= 11 is 11.9. The Morgan fingerprint density at radius 1 is 1.47 bits per heavy atom. The van der Waals surface area contributed by atoms with Crippen LogP contribution in [-0.2, 0) is 0 Å². The number of rotatable bonds is 2. The van der Waals surface area contributed by atoms with Gasteiger partial charge < -0.3 is 10.0 Å². The van der Waals surface area contributed by atoms with Crippen molar-refractivity contribution in [2.75, 3.05) is 13.1 Å². The molecule has 0 saturated carbocycles. The summed E-state index contributed by atoms with van der Waals surface area (Å²) < 4.78 is 0. The van der Waals surface area contributed by atoms with Crippen molar-refractivity contribution in [2.45, 2.75) is 25.9 Å². The maximum Gasteiger partial charge on any atom is 0.255 e. The molecule has 2 rings (SSSR count). The Hall–Kier alpha value is -0.770. The molecule has 1 N–H and O–H groups in total. The number of hydrogen-bond acceptors (Lipinski definition) is 2. The summed E-state index contributed by atoms with van der Waals surface area (Å²) in [6.45, 7) is 3.06. The lowest BCUT2D eigenvalue weighted by atomic mass is 9.93. The predicted octanol–water partition coefficient (Wildman–Crippen LogP) is 3.23. The van der Waals surface area contributed by atoms with E-state index in [0.717, 1.165) is 12.8 Å². The van der Waals surface area contributed by atoms with Crippen LogP contribution in [-0.4, -0.2) is 35.1 Å². The Bertz CT molecular complexity index is 477. The van der Waals surface area contributed by atoms with Crippen molar-refractivity contribution in [1.82, 2.24) is 4.90 Å². The van der Waals surface area contributed by atoms with Crippen molar-refractivity contribution in [1.29, 1.82) is 0 Å². The van der Waals surface area contributed by atoms with Gasteiger partial charge >= 0.3 is 0 Å². The van der Waals surface area contributed by atoms with Crippen molar-refractivity contribution >= 4 is 29.1 Å². The molecule has 0 aliphatic carbocycles. The molecule has 1 aromatic rings. The van der Waals surface area contributed by atoms with Gasteiger partial charge in [-0.15, -0.1) is 0 Å². The molecule has 1 aliphatic heterocycles. The van der Waals surface area contributed by atoms with E-state index in [4.69, 9.17) is 23.2 Å². The van der Waals surface area contributed by atoms with Gasteiger partial charge in [-0.1, -0.05) is 23.2 Å². The molecule has 1 aliphatic rings. The summed E-state index contributed by atoms with van der Waals surface area (Å²) in [4.78, 5) is 14.2. The Kier molecular flexibility index (Phi) is 4.71. The monoisotopic (exact) mass is 301 g/mol. The van der Waals surface area contributed by atoms with Gasteiger partial charge in [-0.25, -0.2) is 0 Å². The van der Waals surface area contributed by atoms with Gasteiger partial charge in [0.05, 0.1) is 16.7 Å². The maximum atomic E-state index is 12.4. The van der Waals surface area contributed by atoms with Crippen LogP contribution in [0.4, 0.5) is 0 Å². The first kappa shape index (κ1) is 14.6. The molecule has 1 amide bonds. The summed E-state index contributed by atoms with van der Waals surface area (Å²) in [5.41, 5.74) is 0.470. The second-order valence-electron chi connectivity index (χ2n) is 5.02. The zero-order valence-electron chi connectivity index (χ0n) is 10.8. The highest BCUT2D eigenvalue weighted by molar-refractivity contribution is 6.36. The van der Waals surface area contributed by atoms with E-state index in [-0.39, 0.29) is 11.8 Å². The van der Waals surface area contributed by atoms with Crippen LogP contribution in [0.3, 0.4) is 0 Å². The molecular weight excluding hydrogens is 285 g/mol. The summed E-state index contributed by atoms with van der Waals surface area (Å²) in [5.74, 6) is 0.0517. The number of nitrogens with zero attached hydrogens (tertiary/aromatic N) is 1. The number of carbonyl (C=O) groups is 1. The molecule has 0 bridgehead atoms. The van der Waals surface area contributed by atoms with Gasteiger partial charge in [0.15, 0.2) is 0 Å². The lowest BCUT2D eigenvalue weighted by molar-refractivity contribution is 0.0466. The van der Waals surface area contributed by atoms with Crippen molar-refractivity contribution in [3.05, 3.63) is 33.8 Å².